The van der Waals surface area contributed by atoms with Crippen molar-refractivity contribution in [1.29, 1.82) is 0 Å². The Hall–Kier alpha value is -1.38. The number of nitrogens with zero attached hydrogens (tertiary/aromatic N) is 1. The van der Waals surface area contributed by atoms with Gasteiger partial charge in [-0.15, -0.1) is 0 Å². The molecule has 0 radical (unpaired) electrons. The number of aromatic nitrogens is 1. The van der Waals surface area contributed by atoms with E-state index in [1.54, 1.807) is 12.4 Å². The third-order valence-corrected chi connectivity index (χ3v) is 4.54. The van der Waals surface area contributed by atoms with E-state index in [2.05, 4.69) is 34.6 Å². The van der Waals surface area contributed by atoms with Crippen molar-refractivity contribution in [2.45, 2.75) is 31.2 Å². The molecule has 1 fully saturated rings. The first-order valence-corrected chi connectivity index (χ1v) is 7.54. The minimum absolute atomic E-state index is 0.116. The second kappa shape index (κ2) is 5.94. The highest BCUT2D eigenvalue weighted by molar-refractivity contribution is 6.31. The standard InChI is InChI=1S/C17H19ClN2/c1-19-17(15-8-9-20-11-16(15)18)14-7-3-6-13(10-14)12-4-2-5-12/h3,6-12,17,19H,2,4-5H2,1H3. The zero-order chi connectivity index (χ0) is 13.9. The van der Waals surface area contributed by atoms with Gasteiger partial charge in [0, 0.05) is 12.4 Å². The molecule has 3 rings (SSSR count). The summed E-state index contributed by atoms with van der Waals surface area (Å²) >= 11 is 6.29. The Bertz CT molecular complexity index is 593. The van der Waals surface area contributed by atoms with Gasteiger partial charge in [-0.25, -0.2) is 0 Å². The largest absolute Gasteiger partial charge is 0.309 e. The molecular formula is C17H19ClN2. The summed E-state index contributed by atoms with van der Waals surface area (Å²) in [5, 5.41) is 4.07. The van der Waals surface area contributed by atoms with Crippen LogP contribution in [0.15, 0.2) is 42.7 Å². The summed E-state index contributed by atoms with van der Waals surface area (Å²) in [4.78, 5) is 4.06. The lowest BCUT2D eigenvalue weighted by Gasteiger charge is -2.27. The molecule has 20 heavy (non-hydrogen) atoms. The van der Waals surface area contributed by atoms with E-state index in [1.165, 1.54) is 30.4 Å². The highest BCUT2D eigenvalue weighted by Gasteiger charge is 2.21. The van der Waals surface area contributed by atoms with Crippen LogP contribution in [0.2, 0.25) is 5.02 Å². The fourth-order valence-corrected chi connectivity index (χ4v) is 3.08. The maximum atomic E-state index is 6.29. The van der Waals surface area contributed by atoms with Gasteiger partial charge in [0.05, 0.1) is 11.1 Å². The minimum Gasteiger partial charge on any atom is -0.309 e. The molecule has 0 spiro atoms. The van der Waals surface area contributed by atoms with Gasteiger partial charge < -0.3 is 5.32 Å². The van der Waals surface area contributed by atoms with Crippen molar-refractivity contribution < 1.29 is 0 Å². The van der Waals surface area contributed by atoms with E-state index in [-0.39, 0.29) is 6.04 Å². The molecule has 1 heterocycles. The molecule has 0 bridgehead atoms. The second-order valence-corrected chi connectivity index (χ2v) is 5.82. The molecule has 1 atom stereocenters. The Morgan fingerprint density at radius 1 is 1.30 bits per heavy atom. The SMILES string of the molecule is CNC(c1cccc(C2CCC2)c1)c1ccncc1Cl. The van der Waals surface area contributed by atoms with Crippen molar-refractivity contribution in [2.75, 3.05) is 7.05 Å². The van der Waals surface area contributed by atoms with Crippen LogP contribution in [0, 0.1) is 0 Å². The topological polar surface area (TPSA) is 24.9 Å². The molecule has 0 amide bonds. The molecule has 1 aliphatic rings. The highest BCUT2D eigenvalue weighted by atomic mass is 35.5. The first-order valence-electron chi connectivity index (χ1n) is 7.16. The van der Waals surface area contributed by atoms with Crippen molar-refractivity contribution in [1.82, 2.24) is 10.3 Å². The van der Waals surface area contributed by atoms with E-state index >= 15 is 0 Å². The van der Waals surface area contributed by atoms with E-state index < -0.39 is 0 Å². The van der Waals surface area contributed by atoms with Gasteiger partial charge in [0.25, 0.3) is 0 Å². The van der Waals surface area contributed by atoms with E-state index in [1.807, 2.05) is 13.1 Å². The molecular weight excluding hydrogens is 268 g/mol. The first kappa shape index (κ1) is 13.6. The summed E-state index contributed by atoms with van der Waals surface area (Å²) in [5.74, 6) is 0.750. The Morgan fingerprint density at radius 2 is 2.15 bits per heavy atom. The van der Waals surface area contributed by atoms with Crippen molar-refractivity contribution in [3.63, 3.8) is 0 Å². The average molecular weight is 287 g/mol. The summed E-state index contributed by atoms with van der Waals surface area (Å²) in [7, 11) is 1.97. The number of benzene rings is 1. The van der Waals surface area contributed by atoms with E-state index in [9.17, 15) is 0 Å². The number of hydrogen-bond acceptors (Lipinski definition) is 2. The number of nitrogens with one attached hydrogen (secondary N) is 1. The maximum absolute atomic E-state index is 6.29. The predicted molar refractivity (Wildman–Crippen MR) is 83.2 cm³/mol. The molecule has 2 aromatic rings. The predicted octanol–water partition coefficient (Wildman–Crippen LogP) is 4.31. The molecule has 0 aliphatic heterocycles. The van der Waals surface area contributed by atoms with Gasteiger partial charge in [0.1, 0.15) is 0 Å². The second-order valence-electron chi connectivity index (χ2n) is 5.42. The van der Waals surface area contributed by atoms with Gasteiger partial charge in [-0.05, 0) is 48.6 Å². The van der Waals surface area contributed by atoms with E-state index in [4.69, 9.17) is 11.6 Å². The number of rotatable bonds is 4. The third-order valence-electron chi connectivity index (χ3n) is 4.22. The van der Waals surface area contributed by atoms with Crippen LogP contribution in [0.3, 0.4) is 0 Å². The fraction of sp³-hybridized carbons (Fsp3) is 0.353. The Morgan fingerprint density at radius 3 is 2.80 bits per heavy atom. The van der Waals surface area contributed by atoms with Gasteiger partial charge >= 0.3 is 0 Å². The highest BCUT2D eigenvalue weighted by Crippen LogP contribution is 2.37. The summed E-state index contributed by atoms with van der Waals surface area (Å²) in [6.45, 7) is 0. The van der Waals surface area contributed by atoms with Crippen LogP contribution < -0.4 is 5.32 Å². The molecule has 104 valence electrons. The summed E-state index contributed by atoms with van der Waals surface area (Å²) in [6, 6.07) is 11.0. The molecule has 0 saturated heterocycles. The summed E-state index contributed by atoms with van der Waals surface area (Å²) < 4.78 is 0. The Labute approximate surface area is 125 Å². The van der Waals surface area contributed by atoms with Gasteiger partial charge in [-0.3, -0.25) is 4.98 Å². The van der Waals surface area contributed by atoms with Crippen LogP contribution in [0.1, 0.15) is 47.9 Å². The zero-order valence-electron chi connectivity index (χ0n) is 11.6. The number of pyridine rings is 1. The average Bonchev–Trinajstić information content (AvgIpc) is 2.40. The van der Waals surface area contributed by atoms with Gasteiger partial charge in [-0.1, -0.05) is 42.3 Å². The smallest absolute Gasteiger partial charge is 0.0640 e. The van der Waals surface area contributed by atoms with Crippen LogP contribution in [0.5, 0.6) is 0 Å². The Balaban J connectivity index is 1.95. The maximum Gasteiger partial charge on any atom is 0.0640 e. The third kappa shape index (κ3) is 2.58. The van der Waals surface area contributed by atoms with Gasteiger partial charge in [0.15, 0.2) is 0 Å². The van der Waals surface area contributed by atoms with Crippen molar-refractivity contribution >= 4 is 11.6 Å². The number of hydrogen-bond donors (Lipinski definition) is 1. The van der Waals surface area contributed by atoms with E-state index in [0.29, 0.717) is 5.02 Å². The molecule has 1 saturated carbocycles. The fourth-order valence-electron chi connectivity index (χ4n) is 2.86. The first-order chi connectivity index (χ1) is 9.79. The van der Waals surface area contributed by atoms with Crippen molar-refractivity contribution in [3.8, 4) is 0 Å². The molecule has 1 aromatic heterocycles. The van der Waals surface area contributed by atoms with Crippen LogP contribution >= 0.6 is 11.6 Å². The van der Waals surface area contributed by atoms with Crippen LogP contribution in [0.25, 0.3) is 0 Å². The van der Waals surface area contributed by atoms with Crippen LogP contribution in [-0.2, 0) is 0 Å². The van der Waals surface area contributed by atoms with Gasteiger partial charge in [0.2, 0.25) is 0 Å². The number of halogens is 1. The minimum atomic E-state index is 0.116. The lowest BCUT2D eigenvalue weighted by Crippen LogP contribution is -2.19. The van der Waals surface area contributed by atoms with Crippen molar-refractivity contribution in [3.05, 3.63) is 64.4 Å². The monoisotopic (exact) mass is 286 g/mol. The van der Waals surface area contributed by atoms with Crippen molar-refractivity contribution in [2.24, 2.45) is 0 Å². The summed E-state index contributed by atoms with van der Waals surface area (Å²) in [5.41, 5.74) is 3.80. The zero-order valence-corrected chi connectivity index (χ0v) is 12.4. The van der Waals surface area contributed by atoms with Crippen LogP contribution in [0.4, 0.5) is 0 Å². The molecule has 1 N–H and O–H groups in total. The molecule has 3 heteroatoms. The van der Waals surface area contributed by atoms with Crippen LogP contribution in [-0.4, -0.2) is 12.0 Å². The van der Waals surface area contributed by atoms with Gasteiger partial charge in [-0.2, -0.15) is 0 Å². The Kier molecular flexibility index (Phi) is 4.04. The molecule has 1 aromatic carbocycles. The lowest BCUT2D eigenvalue weighted by molar-refractivity contribution is 0.419. The van der Waals surface area contributed by atoms with E-state index in [0.717, 1.165) is 11.5 Å². The lowest BCUT2D eigenvalue weighted by atomic mass is 9.79. The quantitative estimate of drug-likeness (QED) is 0.906. The molecule has 2 nitrogen and oxygen atoms in total. The molecule has 1 unspecified atom stereocenters. The normalized spacial score (nSPS) is 16.7. The molecule has 1 aliphatic carbocycles. The summed E-state index contributed by atoms with van der Waals surface area (Å²) in [6.07, 6.45) is 7.51.